The molecule has 30 heavy (non-hydrogen) atoms. The number of ether oxygens (including phenoxy) is 1. The summed E-state index contributed by atoms with van der Waals surface area (Å²) in [6, 6.07) is 22.2. The Hall–Kier alpha value is -2.47. The van der Waals surface area contributed by atoms with Crippen molar-refractivity contribution in [2.24, 2.45) is 0 Å². The number of nitrogens with one attached hydrogen (secondary N) is 1. The summed E-state index contributed by atoms with van der Waals surface area (Å²) in [7, 11) is 1.68. The topological polar surface area (TPSA) is 44.8 Å². The van der Waals surface area contributed by atoms with Crippen LogP contribution in [0.3, 0.4) is 0 Å². The van der Waals surface area contributed by atoms with Crippen LogP contribution < -0.4 is 15.0 Å². The summed E-state index contributed by atoms with van der Waals surface area (Å²) in [5, 5.41) is 5.28. The van der Waals surface area contributed by atoms with Crippen molar-refractivity contribution in [3.05, 3.63) is 66.7 Å². The van der Waals surface area contributed by atoms with Crippen LogP contribution in [0.15, 0.2) is 66.7 Å². The Kier molecular flexibility index (Phi) is 8.78. The number of carbonyl (C=O) groups is 1. The summed E-state index contributed by atoms with van der Waals surface area (Å²) in [6.07, 6.45) is 0. The molecule has 4 rings (SSSR count). The Morgan fingerprint density at radius 2 is 1.57 bits per heavy atom. The van der Waals surface area contributed by atoms with E-state index in [1.165, 1.54) is 5.69 Å². The van der Waals surface area contributed by atoms with Gasteiger partial charge in [0.15, 0.2) is 0 Å². The predicted octanol–water partition coefficient (Wildman–Crippen LogP) is 4.45. The Bertz CT molecular complexity index is 953. The number of fused-ring (bicyclic) bond motifs is 1. The summed E-state index contributed by atoms with van der Waals surface area (Å²) in [4.78, 5) is 17.1. The van der Waals surface area contributed by atoms with Crippen LogP contribution in [0.1, 0.15) is 0 Å². The number of nitrogens with zero attached hydrogens (tertiary/aromatic N) is 2. The van der Waals surface area contributed by atoms with Crippen LogP contribution >= 0.6 is 24.8 Å². The molecule has 3 aromatic rings. The van der Waals surface area contributed by atoms with Crippen molar-refractivity contribution in [1.82, 2.24) is 4.90 Å². The zero-order valence-electron chi connectivity index (χ0n) is 16.9. The van der Waals surface area contributed by atoms with Gasteiger partial charge < -0.3 is 15.0 Å². The van der Waals surface area contributed by atoms with Gasteiger partial charge in [-0.25, -0.2) is 0 Å². The van der Waals surface area contributed by atoms with Gasteiger partial charge in [-0.15, -0.1) is 24.8 Å². The van der Waals surface area contributed by atoms with Crippen molar-refractivity contribution >= 4 is 52.9 Å². The van der Waals surface area contributed by atoms with Crippen LogP contribution in [-0.2, 0) is 4.79 Å². The molecule has 0 aromatic heterocycles. The van der Waals surface area contributed by atoms with Crippen LogP contribution in [-0.4, -0.2) is 50.6 Å². The van der Waals surface area contributed by atoms with E-state index in [4.69, 9.17) is 4.74 Å². The number of methoxy groups -OCH3 is 1. The summed E-state index contributed by atoms with van der Waals surface area (Å²) < 4.78 is 5.22. The van der Waals surface area contributed by atoms with Gasteiger partial charge in [-0.1, -0.05) is 36.4 Å². The summed E-state index contributed by atoms with van der Waals surface area (Å²) >= 11 is 0. The van der Waals surface area contributed by atoms with Gasteiger partial charge in [-0.3, -0.25) is 9.69 Å². The summed E-state index contributed by atoms with van der Waals surface area (Å²) in [5.41, 5.74) is 2.07. The molecule has 1 fully saturated rings. The third-order valence-electron chi connectivity index (χ3n) is 5.24. The van der Waals surface area contributed by atoms with E-state index in [1.807, 2.05) is 42.5 Å². The molecular weight excluding hydrogens is 421 g/mol. The molecule has 0 saturated carbocycles. The molecule has 0 atom stereocenters. The monoisotopic (exact) mass is 447 g/mol. The quantitative estimate of drug-likeness (QED) is 0.627. The van der Waals surface area contributed by atoms with Crippen LogP contribution in [0.25, 0.3) is 10.8 Å². The average Bonchev–Trinajstić information content (AvgIpc) is 2.75. The molecule has 0 unspecified atom stereocenters. The minimum absolute atomic E-state index is 0. The lowest BCUT2D eigenvalue weighted by molar-refractivity contribution is -0.117. The molecule has 1 aliphatic rings. The minimum Gasteiger partial charge on any atom is -0.497 e. The lowest BCUT2D eigenvalue weighted by atomic mass is 10.1. The fourth-order valence-corrected chi connectivity index (χ4v) is 3.68. The molecular formula is C23H27Cl2N3O2. The number of rotatable bonds is 5. The third-order valence-corrected chi connectivity index (χ3v) is 5.24. The van der Waals surface area contributed by atoms with E-state index in [9.17, 15) is 4.79 Å². The maximum Gasteiger partial charge on any atom is 0.238 e. The number of benzene rings is 3. The number of amides is 1. The maximum absolute atomic E-state index is 12.6. The van der Waals surface area contributed by atoms with Gasteiger partial charge in [0.05, 0.1) is 13.7 Å². The van der Waals surface area contributed by atoms with Crippen molar-refractivity contribution in [2.45, 2.75) is 0 Å². The van der Waals surface area contributed by atoms with E-state index in [0.717, 1.165) is 48.4 Å². The van der Waals surface area contributed by atoms with Gasteiger partial charge in [0, 0.05) is 42.9 Å². The molecule has 0 bridgehead atoms. The molecule has 0 aliphatic carbocycles. The molecule has 1 amide bonds. The molecule has 1 saturated heterocycles. The number of halogens is 2. The molecule has 7 heteroatoms. The van der Waals surface area contributed by atoms with Crippen molar-refractivity contribution in [3.63, 3.8) is 0 Å². The van der Waals surface area contributed by atoms with Crippen molar-refractivity contribution in [2.75, 3.05) is 50.1 Å². The van der Waals surface area contributed by atoms with Crippen LogP contribution in [0.2, 0.25) is 0 Å². The molecule has 1 N–H and O–H groups in total. The second-order valence-corrected chi connectivity index (χ2v) is 7.04. The van der Waals surface area contributed by atoms with Crippen molar-refractivity contribution < 1.29 is 9.53 Å². The normalized spacial score (nSPS) is 13.8. The van der Waals surface area contributed by atoms with Gasteiger partial charge >= 0.3 is 0 Å². The van der Waals surface area contributed by atoms with Gasteiger partial charge in [0.25, 0.3) is 0 Å². The number of anilines is 2. The Morgan fingerprint density at radius 1 is 0.900 bits per heavy atom. The zero-order valence-corrected chi connectivity index (χ0v) is 18.5. The molecule has 5 nitrogen and oxygen atoms in total. The lowest BCUT2D eigenvalue weighted by Gasteiger charge is -2.35. The third kappa shape index (κ3) is 5.57. The zero-order chi connectivity index (χ0) is 19.3. The van der Waals surface area contributed by atoms with Crippen molar-refractivity contribution in [1.29, 1.82) is 0 Å². The Balaban J connectivity index is 0.00000160. The Morgan fingerprint density at radius 3 is 2.27 bits per heavy atom. The second-order valence-electron chi connectivity index (χ2n) is 7.04. The average molecular weight is 448 g/mol. The standard InChI is InChI=1S/C23H25N3O2.2ClH/c1-28-20-11-9-19(10-12-20)26-15-13-25(14-16-26)17-23(27)24-22-8-4-6-18-5-2-3-7-21(18)22;;/h2-12H,13-17H2,1H3,(H,24,27);2*1H. The molecule has 1 aliphatic heterocycles. The summed E-state index contributed by atoms with van der Waals surface area (Å²) in [5.74, 6) is 0.904. The molecule has 160 valence electrons. The first-order chi connectivity index (χ1) is 13.7. The van der Waals surface area contributed by atoms with Gasteiger partial charge in [0.2, 0.25) is 5.91 Å². The Labute approximate surface area is 189 Å². The smallest absolute Gasteiger partial charge is 0.238 e. The van der Waals surface area contributed by atoms with E-state index < -0.39 is 0 Å². The number of hydrogen-bond donors (Lipinski definition) is 1. The summed E-state index contributed by atoms with van der Waals surface area (Å²) in [6.45, 7) is 3.98. The highest BCUT2D eigenvalue weighted by molar-refractivity contribution is 6.02. The van der Waals surface area contributed by atoms with Crippen LogP contribution in [0, 0.1) is 0 Å². The van der Waals surface area contributed by atoms with E-state index >= 15 is 0 Å². The second kappa shape index (κ2) is 11.1. The maximum atomic E-state index is 12.6. The molecule has 0 radical (unpaired) electrons. The van der Waals surface area contributed by atoms with Gasteiger partial charge in [-0.05, 0) is 35.7 Å². The van der Waals surface area contributed by atoms with E-state index in [2.05, 4.69) is 39.4 Å². The fourth-order valence-electron chi connectivity index (χ4n) is 3.68. The van der Waals surface area contributed by atoms with Crippen LogP contribution in [0.4, 0.5) is 11.4 Å². The first-order valence-electron chi connectivity index (χ1n) is 9.62. The minimum atomic E-state index is 0. The first kappa shape index (κ1) is 23.8. The van der Waals surface area contributed by atoms with E-state index in [0.29, 0.717) is 6.54 Å². The number of hydrogen-bond acceptors (Lipinski definition) is 4. The first-order valence-corrected chi connectivity index (χ1v) is 9.62. The highest BCUT2D eigenvalue weighted by Gasteiger charge is 2.19. The molecule has 0 spiro atoms. The number of piperazine rings is 1. The lowest BCUT2D eigenvalue weighted by Crippen LogP contribution is -2.48. The largest absolute Gasteiger partial charge is 0.497 e. The van der Waals surface area contributed by atoms with Crippen molar-refractivity contribution in [3.8, 4) is 5.75 Å². The molecule has 3 aromatic carbocycles. The van der Waals surface area contributed by atoms with Crippen LogP contribution in [0.5, 0.6) is 5.75 Å². The fraction of sp³-hybridized carbons (Fsp3) is 0.261. The highest BCUT2D eigenvalue weighted by Crippen LogP contribution is 2.23. The number of carbonyl (C=O) groups excluding carboxylic acids is 1. The highest BCUT2D eigenvalue weighted by atomic mass is 35.5. The van der Waals surface area contributed by atoms with Gasteiger partial charge in [-0.2, -0.15) is 0 Å². The van der Waals surface area contributed by atoms with Gasteiger partial charge in [0.1, 0.15) is 5.75 Å². The van der Waals surface area contributed by atoms with E-state index in [-0.39, 0.29) is 30.7 Å². The molecule has 1 heterocycles. The SMILES string of the molecule is COc1ccc(N2CCN(CC(=O)Nc3cccc4ccccc34)CC2)cc1.Cl.Cl. The van der Waals surface area contributed by atoms with E-state index in [1.54, 1.807) is 7.11 Å². The predicted molar refractivity (Wildman–Crippen MR) is 129 cm³/mol.